The first-order chi connectivity index (χ1) is 11.7. The van der Waals surface area contributed by atoms with E-state index in [2.05, 4.69) is 15.6 Å². The second-order valence-electron chi connectivity index (χ2n) is 4.95. The molecule has 0 bridgehead atoms. The van der Waals surface area contributed by atoms with Crippen molar-refractivity contribution < 1.29 is 9.53 Å². The van der Waals surface area contributed by atoms with Crippen LogP contribution in [0.15, 0.2) is 60.8 Å². The molecule has 3 rings (SSSR count). The van der Waals surface area contributed by atoms with E-state index < -0.39 is 0 Å². The molecule has 0 aliphatic rings. The zero-order valence-electron chi connectivity index (χ0n) is 12.7. The highest BCUT2D eigenvalue weighted by Gasteiger charge is 2.10. The summed E-state index contributed by atoms with van der Waals surface area (Å²) in [6.45, 7) is 0.683. The molecule has 6 nitrogen and oxygen atoms in total. The normalized spacial score (nSPS) is 10.4. The number of amides is 1. The van der Waals surface area contributed by atoms with E-state index in [0.717, 1.165) is 5.69 Å². The number of carbonyl (C=O) groups is 1. The number of benzene rings is 2. The summed E-state index contributed by atoms with van der Waals surface area (Å²) in [6.07, 6.45) is 1.59. The predicted octanol–water partition coefficient (Wildman–Crippen LogP) is 2.73. The monoisotopic (exact) mass is 342 g/mol. The van der Waals surface area contributed by atoms with E-state index >= 15 is 0 Å². The van der Waals surface area contributed by atoms with E-state index in [9.17, 15) is 4.79 Å². The fourth-order valence-corrected chi connectivity index (χ4v) is 2.24. The van der Waals surface area contributed by atoms with Gasteiger partial charge in [0.1, 0.15) is 12.4 Å². The Labute approximate surface area is 144 Å². The molecule has 2 aromatic carbocycles. The molecule has 24 heavy (non-hydrogen) atoms. The van der Waals surface area contributed by atoms with Crippen molar-refractivity contribution in [2.24, 2.45) is 0 Å². The zero-order chi connectivity index (χ0) is 16.8. The molecular formula is C17H15ClN4O2. The van der Waals surface area contributed by atoms with Crippen LogP contribution in [-0.2, 0) is 0 Å². The molecule has 0 unspecified atom stereocenters. The summed E-state index contributed by atoms with van der Waals surface area (Å²) >= 11 is 5.87. The highest BCUT2D eigenvalue weighted by Crippen LogP contribution is 2.16. The maximum absolute atomic E-state index is 12.1. The van der Waals surface area contributed by atoms with E-state index in [0.29, 0.717) is 23.9 Å². The van der Waals surface area contributed by atoms with Crippen LogP contribution in [0.5, 0.6) is 5.75 Å². The lowest BCUT2D eigenvalue weighted by Crippen LogP contribution is -2.28. The first-order valence-electron chi connectivity index (χ1n) is 7.37. The second kappa shape index (κ2) is 7.61. The van der Waals surface area contributed by atoms with Gasteiger partial charge >= 0.3 is 0 Å². The van der Waals surface area contributed by atoms with Gasteiger partial charge in [0.05, 0.1) is 18.4 Å². The number of rotatable bonds is 6. The molecule has 0 spiro atoms. The Hall–Kier alpha value is -2.86. The second-order valence-corrected chi connectivity index (χ2v) is 5.38. The third-order valence-corrected chi connectivity index (χ3v) is 3.43. The molecule has 0 aliphatic heterocycles. The molecule has 0 aliphatic carbocycles. The van der Waals surface area contributed by atoms with Crippen molar-refractivity contribution in [3.05, 3.63) is 71.5 Å². The first kappa shape index (κ1) is 16.0. The van der Waals surface area contributed by atoms with Crippen LogP contribution in [0.25, 0.3) is 5.69 Å². The van der Waals surface area contributed by atoms with Crippen LogP contribution in [0.2, 0.25) is 5.02 Å². The van der Waals surface area contributed by atoms with Gasteiger partial charge in [0.2, 0.25) is 0 Å². The average Bonchev–Trinajstić information content (AvgIpc) is 3.10. The Morgan fingerprint density at radius 2 is 2.00 bits per heavy atom. The van der Waals surface area contributed by atoms with Crippen molar-refractivity contribution in [3.8, 4) is 11.4 Å². The van der Waals surface area contributed by atoms with Crippen molar-refractivity contribution in [1.82, 2.24) is 20.3 Å². The molecule has 1 heterocycles. The number of carbonyl (C=O) groups excluding carboxylic acids is 1. The minimum atomic E-state index is -0.299. The average molecular weight is 343 g/mol. The first-order valence-corrected chi connectivity index (χ1v) is 7.74. The summed E-state index contributed by atoms with van der Waals surface area (Å²) in [6, 6.07) is 16.6. The van der Waals surface area contributed by atoms with Gasteiger partial charge in [-0.15, -0.1) is 5.10 Å². The van der Waals surface area contributed by atoms with Crippen LogP contribution < -0.4 is 10.1 Å². The fourth-order valence-electron chi connectivity index (χ4n) is 2.06. The number of nitrogens with one attached hydrogen (secondary N) is 1. The number of hydrogen-bond donors (Lipinski definition) is 1. The van der Waals surface area contributed by atoms with Gasteiger partial charge in [0, 0.05) is 5.02 Å². The van der Waals surface area contributed by atoms with E-state index in [4.69, 9.17) is 16.3 Å². The summed E-state index contributed by atoms with van der Waals surface area (Å²) in [5, 5.41) is 11.2. The number of nitrogens with zero attached hydrogens (tertiary/aromatic N) is 3. The van der Waals surface area contributed by atoms with Crippen LogP contribution in [0.4, 0.5) is 0 Å². The zero-order valence-corrected chi connectivity index (χ0v) is 13.5. The number of ether oxygens (including phenoxy) is 1. The third kappa shape index (κ3) is 4.11. The van der Waals surface area contributed by atoms with Crippen LogP contribution in [0.1, 0.15) is 10.5 Å². The molecule has 0 saturated heterocycles. The fraction of sp³-hybridized carbons (Fsp3) is 0.118. The van der Waals surface area contributed by atoms with Crippen molar-refractivity contribution in [3.63, 3.8) is 0 Å². The molecular weight excluding hydrogens is 328 g/mol. The van der Waals surface area contributed by atoms with Gasteiger partial charge in [0.25, 0.3) is 5.91 Å². The lowest BCUT2D eigenvalue weighted by atomic mass is 10.3. The number of halogens is 1. The van der Waals surface area contributed by atoms with Gasteiger partial charge in [-0.05, 0) is 30.3 Å². The largest absolute Gasteiger partial charge is 0.492 e. The number of hydrogen-bond acceptors (Lipinski definition) is 4. The molecule has 0 fully saturated rings. The number of para-hydroxylation sites is 1. The van der Waals surface area contributed by atoms with Crippen LogP contribution in [0, 0.1) is 0 Å². The smallest absolute Gasteiger partial charge is 0.273 e. The lowest BCUT2D eigenvalue weighted by molar-refractivity contribution is 0.0942. The van der Waals surface area contributed by atoms with E-state index in [1.165, 1.54) is 0 Å². The molecule has 0 saturated carbocycles. The molecule has 1 N–H and O–H groups in total. The summed E-state index contributed by atoms with van der Waals surface area (Å²) in [5.74, 6) is 0.360. The third-order valence-electron chi connectivity index (χ3n) is 3.20. The van der Waals surface area contributed by atoms with Gasteiger partial charge in [-0.25, -0.2) is 4.68 Å². The van der Waals surface area contributed by atoms with E-state index in [-0.39, 0.29) is 11.6 Å². The van der Waals surface area contributed by atoms with Gasteiger partial charge in [-0.3, -0.25) is 4.79 Å². The van der Waals surface area contributed by atoms with Gasteiger partial charge in [-0.1, -0.05) is 41.1 Å². The molecule has 1 amide bonds. The summed E-state index contributed by atoms with van der Waals surface area (Å²) in [4.78, 5) is 12.1. The van der Waals surface area contributed by atoms with Crippen molar-refractivity contribution in [2.75, 3.05) is 13.2 Å². The molecule has 122 valence electrons. The highest BCUT2D eigenvalue weighted by molar-refractivity contribution is 6.30. The Morgan fingerprint density at radius 3 is 2.79 bits per heavy atom. The summed E-state index contributed by atoms with van der Waals surface area (Å²) < 4.78 is 7.06. The molecule has 0 atom stereocenters. The van der Waals surface area contributed by atoms with Crippen LogP contribution >= 0.6 is 11.6 Å². The van der Waals surface area contributed by atoms with Crippen molar-refractivity contribution in [1.29, 1.82) is 0 Å². The molecule has 1 aromatic heterocycles. The Balaban J connectivity index is 1.50. The van der Waals surface area contributed by atoms with E-state index in [1.807, 2.05) is 30.3 Å². The molecule has 7 heteroatoms. The van der Waals surface area contributed by atoms with Gasteiger partial charge in [0.15, 0.2) is 5.69 Å². The maximum atomic E-state index is 12.1. The highest BCUT2D eigenvalue weighted by atomic mass is 35.5. The predicted molar refractivity (Wildman–Crippen MR) is 90.6 cm³/mol. The lowest BCUT2D eigenvalue weighted by Gasteiger charge is -2.06. The van der Waals surface area contributed by atoms with E-state index in [1.54, 1.807) is 35.1 Å². The topological polar surface area (TPSA) is 69.0 Å². The quantitative estimate of drug-likeness (QED) is 0.699. The van der Waals surface area contributed by atoms with Gasteiger partial charge in [-0.2, -0.15) is 0 Å². The summed E-state index contributed by atoms with van der Waals surface area (Å²) in [5.41, 5.74) is 1.09. The van der Waals surface area contributed by atoms with Crippen molar-refractivity contribution >= 4 is 17.5 Å². The Bertz CT molecular complexity index is 820. The van der Waals surface area contributed by atoms with Crippen molar-refractivity contribution in [2.45, 2.75) is 0 Å². The maximum Gasteiger partial charge on any atom is 0.273 e. The van der Waals surface area contributed by atoms with Crippen LogP contribution in [0.3, 0.4) is 0 Å². The SMILES string of the molecule is O=C(NCCOc1cccc(Cl)c1)c1cn(-c2ccccc2)nn1. The Morgan fingerprint density at radius 1 is 1.17 bits per heavy atom. The van der Waals surface area contributed by atoms with Gasteiger partial charge < -0.3 is 10.1 Å². The number of aromatic nitrogens is 3. The molecule has 0 radical (unpaired) electrons. The molecule has 3 aromatic rings. The van der Waals surface area contributed by atoms with Crippen LogP contribution in [-0.4, -0.2) is 34.1 Å². The minimum absolute atomic E-state index is 0.251. The minimum Gasteiger partial charge on any atom is -0.492 e. The summed E-state index contributed by atoms with van der Waals surface area (Å²) in [7, 11) is 0. The standard InChI is InChI=1S/C17H15ClN4O2/c18-13-5-4-8-15(11-13)24-10-9-19-17(23)16-12-22(21-20-16)14-6-2-1-3-7-14/h1-8,11-12H,9-10H2,(H,19,23). The Kier molecular flexibility index (Phi) is 5.08.